The first-order valence-electron chi connectivity index (χ1n) is 6.35. The van der Waals surface area contributed by atoms with Gasteiger partial charge in [0.05, 0.1) is 23.4 Å². The van der Waals surface area contributed by atoms with Crippen molar-refractivity contribution in [3.63, 3.8) is 0 Å². The molecule has 1 aromatic carbocycles. The second-order valence-corrected chi connectivity index (χ2v) is 5.12. The number of anilines is 1. The summed E-state index contributed by atoms with van der Waals surface area (Å²) < 4.78 is 5.94. The van der Waals surface area contributed by atoms with Crippen LogP contribution in [0.1, 0.15) is 12.5 Å². The first-order valence-corrected chi connectivity index (χ1v) is 7.15. The lowest BCUT2D eigenvalue weighted by Crippen LogP contribution is -2.03. The molecule has 1 heterocycles. The van der Waals surface area contributed by atoms with Gasteiger partial charge in [0.1, 0.15) is 0 Å². The largest absolute Gasteiger partial charge is 0.478 e. The van der Waals surface area contributed by atoms with Gasteiger partial charge in [0, 0.05) is 28.7 Å². The van der Waals surface area contributed by atoms with Crippen LogP contribution in [0, 0.1) is 10.1 Å². The van der Waals surface area contributed by atoms with Crippen molar-refractivity contribution >= 4 is 27.3 Å². The standard InChI is InChI=1S/C14H14BrN3O3/c1-2-21-14-6-5-12(9-17-14)16-8-10-3-4-11(15)7-13(10)18(19)20/h3-7,9,16H,2,8H2,1H3. The summed E-state index contributed by atoms with van der Waals surface area (Å²) in [6, 6.07) is 8.57. The van der Waals surface area contributed by atoms with Gasteiger partial charge in [-0.05, 0) is 25.1 Å². The van der Waals surface area contributed by atoms with Crippen LogP contribution in [0.3, 0.4) is 0 Å². The number of nitrogens with zero attached hydrogens (tertiary/aromatic N) is 2. The van der Waals surface area contributed by atoms with Crippen molar-refractivity contribution in [2.45, 2.75) is 13.5 Å². The Labute approximate surface area is 130 Å². The molecule has 1 aromatic heterocycles. The lowest BCUT2D eigenvalue weighted by atomic mass is 10.2. The van der Waals surface area contributed by atoms with E-state index in [1.54, 1.807) is 24.4 Å². The van der Waals surface area contributed by atoms with Gasteiger partial charge in [0.25, 0.3) is 5.69 Å². The van der Waals surface area contributed by atoms with Crippen molar-refractivity contribution in [3.05, 3.63) is 56.7 Å². The maximum absolute atomic E-state index is 11.0. The minimum atomic E-state index is -0.391. The van der Waals surface area contributed by atoms with Gasteiger partial charge in [0.15, 0.2) is 0 Å². The SMILES string of the molecule is CCOc1ccc(NCc2ccc(Br)cc2[N+](=O)[O-])cn1. The van der Waals surface area contributed by atoms with E-state index in [4.69, 9.17) is 4.74 Å². The van der Waals surface area contributed by atoms with Crippen LogP contribution in [0.2, 0.25) is 0 Å². The van der Waals surface area contributed by atoms with Gasteiger partial charge in [-0.1, -0.05) is 15.9 Å². The van der Waals surface area contributed by atoms with Crippen LogP contribution in [-0.2, 0) is 6.54 Å². The van der Waals surface area contributed by atoms with E-state index in [-0.39, 0.29) is 5.69 Å². The normalized spacial score (nSPS) is 10.2. The van der Waals surface area contributed by atoms with Crippen molar-refractivity contribution in [1.82, 2.24) is 4.98 Å². The third kappa shape index (κ3) is 4.16. The molecule has 0 spiro atoms. The highest BCUT2D eigenvalue weighted by Gasteiger charge is 2.13. The average molecular weight is 352 g/mol. The van der Waals surface area contributed by atoms with Crippen LogP contribution in [0.5, 0.6) is 5.88 Å². The zero-order chi connectivity index (χ0) is 15.2. The van der Waals surface area contributed by atoms with Crippen molar-refractivity contribution in [2.75, 3.05) is 11.9 Å². The quantitative estimate of drug-likeness (QED) is 0.633. The van der Waals surface area contributed by atoms with Gasteiger partial charge in [-0.2, -0.15) is 0 Å². The number of pyridine rings is 1. The molecule has 0 bridgehead atoms. The lowest BCUT2D eigenvalue weighted by Gasteiger charge is -2.08. The lowest BCUT2D eigenvalue weighted by molar-refractivity contribution is -0.385. The number of hydrogen-bond acceptors (Lipinski definition) is 5. The first-order chi connectivity index (χ1) is 10.1. The predicted molar refractivity (Wildman–Crippen MR) is 83.5 cm³/mol. The molecule has 2 rings (SSSR count). The molecule has 0 amide bonds. The summed E-state index contributed by atoms with van der Waals surface area (Å²) in [5, 5.41) is 14.1. The minimum Gasteiger partial charge on any atom is -0.478 e. The Bertz CT molecular complexity index is 632. The van der Waals surface area contributed by atoms with E-state index >= 15 is 0 Å². The smallest absolute Gasteiger partial charge is 0.275 e. The number of ether oxygens (including phenoxy) is 1. The minimum absolute atomic E-state index is 0.0794. The van der Waals surface area contributed by atoms with E-state index in [0.29, 0.717) is 29.1 Å². The second kappa shape index (κ2) is 7.03. The molecule has 6 nitrogen and oxygen atoms in total. The van der Waals surface area contributed by atoms with Crippen molar-refractivity contribution < 1.29 is 9.66 Å². The summed E-state index contributed by atoms with van der Waals surface area (Å²) >= 11 is 3.23. The molecule has 2 aromatic rings. The highest BCUT2D eigenvalue weighted by atomic mass is 79.9. The molecule has 0 saturated carbocycles. The Morgan fingerprint density at radius 3 is 2.81 bits per heavy atom. The predicted octanol–water partition coefficient (Wildman–Crippen LogP) is 3.76. The van der Waals surface area contributed by atoms with E-state index < -0.39 is 4.92 Å². The van der Waals surface area contributed by atoms with Gasteiger partial charge in [0.2, 0.25) is 5.88 Å². The Kier molecular flexibility index (Phi) is 5.10. The zero-order valence-corrected chi connectivity index (χ0v) is 13.0. The molecule has 110 valence electrons. The molecule has 0 saturated heterocycles. The molecular formula is C14H14BrN3O3. The molecule has 21 heavy (non-hydrogen) atoms. The molecular weight excluding hydrogens is 338 g/mol. The fraction of sp³-hybridized carbons (Fsp3) is 0.214. The van der Waals surface area contributed by atoms with E-state index in [9.17, 15) is 10.1 Å². The first kappa shape index (κ1) is 15.2. The Morgan fingerprint density at radius 1 is 1.38 bits per heavy atom. The maximum Gasteiger partial charge on any atom is 0.275 e. The van der Waals surface area contributed by atoms with E-state index in [1.165, 1.54) is 6.07 Å². The van der Waals surface area contributed by atoms with Gasteiger partial charge in [-0.25, -0.2) is 4.98 Å². The summed E-state index contributed by atoms with van der Waals surface area (Å²) in [5.74, 6) is 0.553. The van der Waals surface area contributed by atoms with Gasteiger partial charge < -0.3 is 10.1 Å². The molecule has 0 radical (unpaired) electrons. The monoisotopic (exact) mass is 351 g/mol. The number of nitro benzene ring substituents is 1. The van der Waals surface area contributed by atoms with Crippen molar-refractivity contribution in [1.29, 1.82) is 0 Å². The van der Waals surface area contributed by atoms with Crippen molar-refractivity contribution in [2.24, 2.45) is 0 Å². The highest BCUT2D eigenvalue weighted by Crippen LogP contribution is 2.24. The fourth-order valence-electron chi connectivity index (χ4n) is 1.77. The van der Waals surface area contributed by atoms with Crippen LogP contribution < -0.4 is 10.1 Å². The number of rotatable bonds is 6. The van der Waals surface area contributed by atoms with Crippen LogP contribution >= 0.6 is 15.9 Å². The zero-order valence-electron chi connectivity index (χ0n) is 11.4. The fourth-order valence-corrected chi connectivity index (χ4v) is 2.12. The summed E-state index contributed by atoms with van der Waals surface area (Å²) in [6.07, 6.45) is 1.63. The molecule has 7 heteroatoms. The third-order valence-corrected chi connectivity index (χ3v) is 3.25. The Morgan fingerprint density at radius 2 is 2.19 bits per heavy atom. The number of halogens is 1. The van der Waals surface area contributed by atoms with Crippen molar-refractivity contribution in [3.8, 4) is 5.88 Å². The summed E-state index contributed by atoms with van der Waals surface area (Å²) in [6.45, 7) is 2.80. The number of benzene rings is 1. The summed E-state index contributed by atoms with van der Waals surface area (Å²) in [7, 11) is 0. The molecule has 0 aliphatic heterocycles. The number of hydrogen-bond donors (Lipinski definition) is 1. The van der Waals surface area contributed by atoms with Gasteiger partial charge in [-0.3, -0.25) is 10.1 Å². The molecule has 0 fully saturated rings. The van der Waals surface area contributed by atoms with E-state index in [1.807, 2.05) is 13.0 Å². The average Bonchev–Trinajstić information content (AvgIpc) is 2.47. The molecule has 1 N–H and O–H groups in total. The van der Waals surface area contributed by atoms with E-state index in [0.717, 1.165) is 5.69 Å². The number of nitrogens with one attached hydrogen (secondary N) is 1. The topological polar surface area (TPSA) is 77.3 Å². The van der Waals surface area contributed by atoms with Crippen LogP contribution in [0.4, 0.5) is 11.4 Å². The van der Waals surface area contributed by atoms with Crippen LogP contribution in [0.25, 0.3) is 0 Å². The molecule has 0 aliphatic carbocycles. The Balaban J connectivity index is 2.07. The summed E-state index contributed by atoms with van der Waals surface area (Å²) in [4.78, 5) is 14.8. The number of nitro groups is 1. The second-order valence-electron chi connectivity index (χ2n) is 4.20. The van der Waals surface area contributed by atoms with Crippen LogP contribution in [0.15, 0.2) is 41.0 Å². The number of aromatic nitrogens is 1. The van der Waals surface area contributed by atoms with Crippen LogP contribution in [-0.4, -0.2) is 16.5 Å². The van der Waals surface area contributed by atoms with E-state index in [2.05, 4.69) is 26.2 Å². The Hall–Kier alpha value is -2.15. The summed E-state index contributed by atoms with van der Waals surface area (Å²) in [5.41, 5.74) is 1.46. The maximum atomic E-state index is 11.0. The van der Waals surface area contributed by atoms with Gasteiger partial charge >= 0.3 is 0 Å². The molecule has 0 unspecified atom stereocenters. The molecule has 0 atom stereocenters. The highest BCUT2D eigenvalue weighted by molar-refractivity contribution is 9.10. The van der Waals surface area contributed by atoms with Gasteiger partial charge in [-0.15, -0.1) is 0 Å². The molecule has 0 aliphatic rings. The third-order valence-electron chi connectivity index (χ3n) is 2.76.